The summed E-state index contributed by atoms with van der Waals surface area (Å²) in [6.07, 6.45) is 4.28. The Bertz CT molecular complexity index is 710. The smallest absolute Gasteiger partial charge is 0.0682 e. The van der Waals surface area contributed by atoms with Gasteiger partial charge >= 0.3 is 0 Å². The first-order chi connectivity index (χ1) is 10.2. The van der Waals surface area contributed by atoms with Gasteiger partial charge in [-0.15, -0.1) is 0 Å². The Morgan fingerprint density at radius 3 is 2.71 bits per heavy atom. The van der Waals surface area contributed by atoms with Crippen molar-refractivity contribution >= 4 is 38.8 Å². The summed E-state index contributed by atoms with van der Waals surface area (Å²) >= 11 is 9.98. The first kappa shape index (κ1) is 14.4. The number of halogens is 2. The Balaban J connectivity index is 2.19. The van der Waals surface area contributed by atoms with Crippen molar-refractivity contribution in [2.24, 2.45) is 0 Å². The van der Waals surface area contributed by atoms with Crippen LogP contribution in [0.4, 0.5) is 0 Å². The summed E-state index contributed by atoms with van der Waals surface area (Å²) in [7, 11) is 0. The van der Waals surface area contributed by atoms with Crippen LogP contribution in [0.3, 0.4) is 0 Å². The first-order valence-electron chi connectivity index (χ1n) is 6.65. The Morgan fingerprint density at radius 1 is 1.24 bits per heavy atom. The number of nitrogens with one attached hydrogen (secondary N) is 1. The van der Waals surface area contributed by atoms with Gasteiger partial charge in [0.2, 0.25) is 0 Å². The van der Waals surface area contributed by atoms with Crippen molar-refractivity contribution in [3.05, 3.63) is 77.2 Å². The summed E-state index contributed by atoms with van der Waals surface area (Å²) in [5.74, 6) is 0. The van der Waals surface area contributed by atoms with Crippen LogP contribution in [0.25, 0.3) is 11.3 Å². The molecule has 1 aliphatic heterocycles. The maximum atomic E-state index is 6.32. The minimum absolute atomic E-state index is 0.206. The highest BCUT2D eigenvalue weighted by atomic mass is 79.9. The van der Waals surface area contributed by atoms with Crippen LogP contribution in [-0.4, -0.2) is 9.81 Å². The number of alkyl halides is 1. The molecule has 1 unspecified atom stereocenters. The third-order valence-corrected chi connectivity index (χ3v) is 4.69. The van der Waals surface area contributed by atoms with Gasteiger partial charge in [-0.2, -0.15) is 0 Å². The summed E-state index contributed by atoms with van der Waals surface area (Å²) in [5, 5.41) is 4.03. The second-order valence-corrected chi connectivity index (χ2v) is 6.41. The largest absolute Gasteiger partial charge is 0.358 e. The highest BCUT2D eigenvalue weighted by Gasteiger charge is 2.24. The number of aromatic nitrogens is 1. The second kappa shape index (κ2) is 6.04. The lowest BCUT2D eigenvalue weighted by Gasteiger charge is -2.28. The molecule has 1 aromatic carbocycles. The van der Waals surface area contributed by atoms with Crippen molar-refractivity contribution in [2.45, 2.75) is 11.2 Å². The van der Waals surface area contributed by atoms with Gasteiger partial charge in [-0.3, -0.25) is 4.98 Å². The van der Waals surface area contributed by atoms with E-state index in [1.165, 1.54) is 11.1 Å². The lowest BCUT2D eigenvalue weighted by atomic mass is 9.92. The van der Waals surface area contributed by atoms with E-state index in [1.54, 1.807) is 12.4 Å². The third kappa shape index (κ3) is 2.89. The highest BCUT2D eigenvalue weighted by Crippen LogP contribution is 2.38. The van der Waals surface area contributed by atoms with Crippen LogP contribution in [0.15, 0.2) is 61.1 Å². The van der Waals surface area contributed by atoms with E-state index in [0.717, 1.165) is 23.4 Å². The molecule has 0 radical (unpaired) electrons. The molecule has 1 atom stereocenters. The van der Waals surface area contributed by atoms with Crippen molar-refractivity contribution in [2.75, 3.05) is 0 Å². The molecular formula is C17H14BrClN2. The zero-order valence-corrected chi connectivity index (χ0v) is 13.7. The van der Waals surface area contributed by atoms with E-state index in [-0.39, 0.29) is 4.83 Å². The van der Waals surface area contributed by atoms with E-state index in [1.807, 2.05) is 24.3 Å². The van der Waals surface area contributed by atoms with E-state index in [9.17, 15) is 0 Å². The molecular weight excluding hydrogens is 348 g/mol. The normalized spacial score (nSPS) is 18.6. The zero-order valence-electron chi connectivity index (χ0n) is 11.3. The number of allylic oxidation sites excluding steroid dienone is 2. The van der Waals surface area contributed by atoms with Crippen molar-refractivity contribution in [3.8, 4) is 0 Å². The zero-order chi connectivity index (χ0) is 14.8. The van der Waals surface area contributed by atoms with Crippen LogP contribution in [-0.2, 0) is 0 Å². The molecule has 3 rings (SSSR count). The Kier molecular flexibility index (Phi) is 4.13. The average Bonchev–Trinajstić information content (AvgIpc) is 2.51. The molecule has 21 heavy (non-hydrogen) atoms. The van der Waals surface area contributed by atoms with E-state index in [0.29, 0.717) is 5.02 Å². The van der Waals surface area contributed by atoms with E-state index in [2.05, 4.69) is 44.9 Å². The monoisotopic (exact) mass is 360 g/mol. The number of pyridine rings is 1. The molecule has 1 aliphatic rings. The minimum atomic E-state index is 0.206. The van der Waals surface area contributed by atoms with Gasteiger partial charge in [0.1, 0.15) is 0 Å². The fourth-order valence-electron chi connectivity index (χ4n) is 2.43. The maximum absolute atomic E-state index is 6.32. The minimum Gasteiger partial charge on any atom is -0.358 e. The quantitative estimate of drug-likeness (QED) is 0.772. The van der Waals surface area contributed by atoms with Gasteiger partial charge in [-0.1, -0.05) is 64.4 Å². The molecule has 106 valence electrons. The van der Waals surface area contributed by atoms with Gasteiger partial charge in [-0.25, -0.2) is 0 Å². The van der Waals surface area contributed by atoms with Gasteiger partial charge in [0, 0.05) is 23.7 Å². The van der Waals surface area contributed by atoms with Crippen LogP contribution < -0.4 is 5.32 Å². The highest BCUT2D eigenvalue weighted by molar-refractivity contribution is 9.09. The van der Waals surface area contributed by atoms with Gasteiger partial charge < -0.3 is 5.32 Å². The molecule has 1 N–H and O–H groups in total. The number of hydrogen-bond donors (Lipinski definition) is 1. The molecule has 0 aliphatic carbocycles. The maximum Gasteiger partial charge on any atom is 0.0682 e. The number of benzene rings is 1. The van der Waals surface area contributed by atoms with Gasteiger partial charge in [0.15, 0.2) is 0 Å². The molecule has 0 saturated heterocycles. The molecule has 2 nitrogen and oxygen atoms in total. The fourth-order valence-corrected chi connectivity index (χ4v) is 3.08. The Hall–Kier alpha value is -1.58. The van der Waals surface area contributed by atoms with Gasteiger partial charge in [-0.05, 0) is 23.6 Å². The molecule has 0 bridgehead atoms. The Labute approximate surface area is 137 Å². The Morgan fingerprint density at radius 2 is 2.00 bits per heavy atom. The molecule has 2 aromatic rings. The van der Waals surface area contributed by atoms with Crippen LogP contribution in [0.1, 0.15) is 17.5 Å². The SMILES string of the molecule is C=C1NC(c2ccncc2Cl)=C(c2ccccc2)CC1Br. The van der Waals surface area contributed by atoms with Gasteiger partial charge in [0.25, 0.3) is 0 Å². The predicted molar refractivity (Wildman–Crippen MR) is 92.1 cm³/mol. The molecule has 2 heterocycles. The van der Waals surface area contributed by atoms with Crippen LogP contribution in [0.2, 0.25) is 5.02 Å². The molecule has 0 fully saturated rings. The number of nitrogens with zero attached hydrogens (tertiary/aromatic N) is 1. The number of hydrogen-bond acceptors (Lipinski definition) is 2. The van der Waals surface area contributed by atoms with Crippen LogP contribution >= 0.6 is 27.5 Å². The molecule has 0 saturated carbocycles. The van der Waals surface area contributed by atoms with Crippen molar-refractivity contribution in [3.63, 3.8) is 0 Å². The first-order valence-corrected chi connectivity index (χ1v) is 7.94. The third-order valence-electron chi connectivity index (χ3n) is 3.51. The number of rotatable bonds is 2. The fraction of sp³-hybridized carbons (Fsp3) is 0.118. The summed E-state index contributed by atoms with van der Waals surface area (Å²) in [4.78, 5) is 4.26. The predicted octanol–water partition coefficient (Wildman–Crippen LogP) is 4.87. The van der Waals surface area contributed by atoms with Crippen LogP contribution in [0.5, 0.6) is 0 Å². The second-order valence-electron chi connectivity index (χ2n) is 4.90. The van der Waals surface area contributed by atoms with E-state index >= 15 is 0 Å². The average molecular weight is 362 g/mol. The van der Waals surface area contributed by atoms with Gasteiger partial charge in [0.05, 0.1) is 15.5 Å². The van der Waals surface area contributed by atoms with Crippen LogP contribution in [0, 0.1) is 0 Å². The summed E-state index contributed by atoms with van der Waals surface area (Å²) in [6, 6.07) is 12.3. The van der Waals surface area contributed by atoms with Crippen molar-refractivity contribution in [1.29, 1.82) is 0 Å². The molecule has 4 heteroatoms. The molecule has 1 aromatic heterocycles. The molecule has 0 spiro atoms. The van der Waals surface area contributed by atoms with E-state index < -0.39 is 0 Å². The standard InChI is InChI=1S/C17H14BrClN2/c1-11-15(18)9-14(12-5-3-2-4-6-12)17(21-11)13-7-8-20-10-16(13)19/h2-8,10,15,21H,1,9H2. The van der Waals surface area contributed by atoms with Crippen molar-refractivity contribution < 1.29 is 0 Å². The lowest BCUT2D eigenvalue weighted by molar-refractivity contribution is 0.901. The topological polar surface area (TPSA) is 24.9 Å². The summed E-state index contributed by atoms with van der Waals surface area (Å²) in [5.41, 5.74) is 5.31. The summed E-state index contributed by atoms with van der Waals surface area (Å²) in [6.45, 7) is 4.08. The van der Waals surface area contributed by atoms with Crippen molar-refractivity contribution in [1.82, 2.24) is 10.3 Å². The van der Waals surface area contributed by atoms with E-state index in [4.69, 9.17) is 11.6 Å². The molecule has 0 amide bonds. The summed E-state index contributed by atoms with van der Waals surface area (Å²) < 4.78 is 0. The lowest BCUT2D eigenvalue weighted by Crippen LogP contribution is -2.25.